The molecule has 0 aliphatic heterocycles. The van der Waals surface area contributed by atoms with Crippen LogP contribution in [0.25, 0.3) is 0 Å². The number of rotatable bonds is 4. The molecule has 0 radical (unpaired) electrons. The summed E-state index contributed by atoms with van der Waals surface area (Å²) in [5.41, 5.74) is 1.73. The smallest absolute Gasteiger partial charge is 0.224 e. The minimum absolute atomic E-state index is 0.0111. The first-order chi connectivity index (χ1) is 9.54. The van der Waals surface area contributed by atoms with E-state index in [1.807, 2.05) is 12.1 Å². The van der Waals surface area contributed by atoms with Crippen LogP contribution >= 0.6 is 23.2 Å². The van der Waals surface area contributed by atoms with Gasteiger partial charge in [0, 0.05) is 11.6 Å². The summed E-state index contributed by atoms with van der Waals surface area (Å²) in [4.78, 5) is 11.8. The summed E-state index contributed by atoms with van der Waals surface area (Å²) in [6, 6.07) is 12.0. The molecular weight excluding hydrogens is 297 g/mol. The average Bonchev–Trinajstić information content (AvgIpc) is 2.42. The Morgan fingerprint density at radius 2 is 1.70 bits per heavy atom. The van der Waals surface area contributed by atoms with Crippen molar-refractivity contribution < 1.29 is 9.90 Å². The van der Waals surface area contributed by atoms with Crippen LogP contribution in [0.2, 0.25) is 10.0 Å². The van der Waals surface area contributed by atoms with Crippen molar-refractivity contribution in [3.05, 3.63) is 63.6 Å². The monoisotopic (exact) mass is 309 g/mol. The third-order valence-electron chi connectivity index (χ3n) is 2.78. The first kappa shape index (κ1) is 14.7. The van der Waals surface area contributed by atoms with E-state index in [0.29, 0.717) is 11.6 Å². The number of carbonyl (C=O) groups is 1. The molecular formula is C15H13Cl2NO2. The normalized spacial score (nSPS) is 10.3. The van der Waals surface area contributed by atoms with Gasteiger partial charge in [-0.3, -0.25) is 4.79 Å². The molecule has 0 heterocycles. The van der Waals surface area contributed by atoms with E-state index in [1.165, 1.54) is 6.07 Å². The first-order valence-corrected chi connectivity index (χ1v) is 6.79. The number of phenolic OH excluding ortho intramolecular Hbond substituents is 1. The Balaban J connectivity index is 1.89. The summed E-state index contributed by atoms with van der Waals surface area (Å²) in [6.07, 6.45) is 0.216. The predicted molar refractivity (Wildman–Crippen MR) is 80.1 cm³/mol. The van der Waals surface area contributed by atoms with E-state index in [2.05, 4.69) is 5.32 Å². The summed E-state index contributed by atoms with van der Waals surface area (Å²) in [6.45, 7) is 0.446. The van der Waals surface area contributed by atoms with E-state index in [0.717, 1.165) is 11.1 Å². The van der Waals surface area contributed by atoms with Gasteiger partial charge in [-0.1, -0.05) is 41.4 Å². The lowest BCUT2D eigenvalue weighted by Gasteiger charge is -2.06. The molecule has 0 atom stereocenters. The molecule has 2 N–H and O–H groups in total. The minimum atomic E-state index is -0.110. The minimum Gasteiger partial charge on any atom is -0.506 e. The Bertz CT molecular complexity index is 612. The van der Waals surface area contributed by atoms with Crippen molar-refractivity contribution in [2.24, 2.45) is 0 Å². The highest BCUT2D eigenvalue weighted by atomic mass is 35.5. The van der Waals surface area contributed by atoms with Gasteiger partial charge in [0.2, 0.25) is 5.91 Å². The van der Waals surface area contributed by atoms with Crippen LogP contribution in [0.1, 0.15) is 11.1 Å². The average molecular weight is 310 g/mol. The lowest BCUT2D eigenvalue weighted by molar-refractivity contribution is -0.120. The van der Waals surface area contributed by atoms with Gasteiger partial charge in [0.15, 0.2) is 0 Å². The molecule has 1 amide bonds. The number of phenols is 1. The highest BCUT2D eigenvalue weighted by molar-refractivity contribution is 6.32. The van der Waals surface area contributed by atoms with Gasteiger partial charge in [-0.05, 0) is 35.4 Å². The summed E-state index contributed by atoms with van der Waals surface area (Å²) in [5, 5.41) is 13.0. The van der Waals surface area contributed by atoms with Crippen LogP contribution in [0.15, 0.2) is 42.5 Å². The molecule has 0 aliphatic rings. The van der Waals surface area contributed by atoms with Gasteiger partial charge in [0.25, 0.3) is 0 Å². The third-order valence-corrected chi connectivity index (χ3v) is 3.33. The highest BCUT2D eigenvalue weighted by Crippen LogP contribution is 2.23. The molecule has 104 valence electrons. The zero-order valence-corrected chi connectivity index (χ0v) is 12.1. The Hall–Kier alpha value is -1.71. The molecule has 0 spiro atoms. The van der Waals surface area contributed by atoms with Crippen molar-refractivity contribution in [2.45, 2.75) is 13.0 Å². The SMILES string of the molecule is O=C(Cc1ccc(O)c(Cl)c1)NCc1ccc(Cl)cc1. The lowest BCUT2D eigenvalue weighted by atomic mass is 10.1. The van der Waals surface area contributed by atoms with E-state index in [9.17, 15) is 9.90 Å². The Labute approximate surface area is 127 Å². The number of halogens is 2. The summed E-state index contributed by atoms with van der Waals surface area (Å²) < 4.78 is 0. The zero-order valence-electron chi connectivity index (χ0n) is 10.6. The lowest BCUT2D eigenvalue weighted by Crippen LogP contribution is -2.24. The van der Waals surface area contributed by atoms with Crippen molar-refractivity contribution in [3.63, 3.8) is 0 Å². The zero-order chi connectivity index (χ0) is 14.5. The second kappa shape index (κ2) is 6.64. The van der Waals surface area contributed by atoms with E-state index in [-0.39, 0.29) is 23.1 Å². The molecule has 0 bridgehead atoms. The molecule has 5 heteroatoms. The molecule has 2 aromatic rings. The third kappa shape index (κ3) is 4.15. The van der Waals surface area contributed by atoms with Gasteiger partial charge in [-0.2, -0.15) is 0 Å². The van der Waals surface area contributed by atoms with Crippen LogP contribution in [0, 0.1) is 0 Å². The summed E-state index contributed by atoms with van der Waals surface area (Å²) in [7, 11) is 0. The van der Waals surface area contributed by atoms with E-state index < -0.39 is 0 Å². The van der Waals surface area contributed by atoms with Crippen LogP contribution in [0.3, 0.4) is 0 Å². The fourth-order valence-electron chi connectivity index (χ4n) is 1.71. The van der Waals surface area contributed by atoms with Gasteiger partial charge in [0.1, 0.15) is 5.75 Å². The number of aromatic hydroxyl groups is 1. The van der Waals surface area contributed by atoms with E-state index in [4.69, 9.17) is 23.2 Å². The molecule has 2 aromatic carbocycles. The number of amides is 1. The number of carbonyl (C=O) groups excluding carboxylic acids is 1. The van der Waals surface area contributed by atoms with Crippen molar-refractivity contribution in [1.82, 2.24) is 5.32 Å². The summed E-state index contributed by atoms with van der Waals surface area (Å²) in [5.74, 6) is -0.0984. The molecule has 0 saturated heterocycles. The fourth-order valence-corrected chi connectivity index (χ4v) is 2.04. The maximum absolute atomic E-state index is 11.8. The summed E-state index contributed by atoms with van der Waals surface area (Å²) >= 11 is 11.6. The molecule has 0 unspecified atom stereocenters. The van der Waals surface area contributed by atoms with Gasteiger partial charge in [-0.25, -0.2) is 0 Å². The molecule has 0 saturated carbocycles. The molecule has 3 nitrogen and oxygen atoms in total. The molecule has 20 heavy (non-hydrogen) atoms. The van der Waals surface area contributed by atoms with E-state index >= 15 is 0 Å². The number of nitrogens with one attached hydrogen (secondary N) is 1. The van der Waals surface area contributed by atoms with Crippen LogP contribution < -0.4 is 5.32 Å². The van der Waals surface area contributed by atoms with Crippen LogP contribution in [0.5, 0.6) is 5.75 Å². The number of hydrogen-bond acceptors (Lipinski definition) is 2. The molecule has 0 fully saturated rings. The van der Waals surface area contributed by atoms with Crippen molar-refractivity contribution >= 4 is 29.1 Å². The number of benzene rings is 2. The van der Waals surface area contributed by atoms with Gasteiger partial charge in [-0.15, -0.1) is 0 Å². The largest absolute Gasteiger partial charge is 0.506 e. The van der Waals surface area contributed by atoms with Crippen molar-refractivity contribution in [2.75, 3.05) is 0 Å². The maximum Gasteiger partial charge on any atom is 0.224 e. The molecule has 2 rings (SSSR count). The Kier molecular flexibility index (Phi) is 4.88. The van der Waals surface area contributed by atoms with Gasteiger partial charge < -0.3 is 10.4 Å². The second-order valence-electron chi connectivity index (χ2n) is 4.37. The second-order valence-corrected chi connectivity index (χ2v) is 5.21. The number of hydrogen-bond donors (Lipinski definition) is 2. The van der Waals surface area contributed by atoms with Crippen LogP contribution in [-0.4, -0.2) is 11.0 Å². The quantitative estimate of drug-likeness (QED) is 0.907. The Morgan fingerprint density at radius 1 is 1.05 bits per heavy atom. The van der Waals surface area contributed by atoms with Crippen LogP contribution in [0.4, 0.5) is 0 Å². The van der Waals surface area contributed by atoms with Crippen molar-refractivity contribution in [3.8, 4) is 5.75 Å². The van der Waals surface area contributed by atoms with Crippen LogP contribution in [-0.2, 0) is 17.8 Å². The first-order valence-electron chi connectivity index (χ1n) is 6.03. The molecule has 0 aliphatic carbocycles. The highest BCUT2D eigenvalue weighted by Gasteiger charge is 2.06. The van der Waals surface area contributed by atoms with Crippen molar-refractivity contribution in [1.29, 1.82) is 0 Å². The molecule has 0 aromatic heterocycles. The van der Waals surface area contributed by atoms with Gasteiger partial charge >= 0.3 is 0 Å². The standard InChI is InChI=1S/C15H13Cl2NO2/c16-12-4-1-10(2-5-12)9-18-15(20)8-11-3-6-14(19)13(17)7-11/h1-7,19H,8-9H2,(H,18,20). The Morgan fingerprint density at radius 3 is 2.35 bits per heavy atom. The van der Waals surface area contributed by atoms with Gasteiger partial charge in [0.05, 0.1) is 11.4 Å². The predicted octanol–water partition coefficient (Wildman–Crippen LogP) is 3.56. The van der Waals surface area contributed by atoms with E-state index in [1.54, 1.807) is 24.3 Å². The maximum atomic E-state index is 11.8. The topological polar surface area (TPSA) is 49.3 Å². The fraction of sp³-hybridized carbons (Fsp3) is 0.133.